The quantitative estimate of drug-likeness (QED) is 0.269. The van der Waals surface area contributed by atoms with Crippen molar-refractivity contribution in [3.8, 4) is 22.3 Å². The number of benzene rings is 5. The maximum Gasteiger partial charge on any atom is 0.133 e. The van der Waals surface area contributed by atoms with E-state index in [-0.39, 0.29) is 5.82 Å². The van der Waals surface area contributed by atoms with Crippen molar-refractivity contribution in [2.75, 3.05) is 4.90 Å². The molecule has 0 amide bonds. The summed E-state index contributed by atoms with van der Waals surface area (Å²) in [6, 6.07) is 42.1. The number of anilines is 3. The van der Waals surface area contributed by atoms with Crippen molar-refractivity contribution in [2.45, 2.75) is 6.92 Å². The number of nitrogens with zero attached hydrogens (tertiary/aromatic N) is 1. The number of aryl methyl sites for hydroxylation is 1. The van der Waals surface area contributed by atoms with Gasteiger partial charge in [-0.25, -0.2) is 4.39 Å². The second-order valence-corrected chi connectivity index (χ2v) is 8.12. The first kappa shape index (κ1) is 20.7. The van der Waals surface area contributed by atoms with Gasteiger partial charge < -0.3 is 4.90 Å². The molecule has 5 aromatic carbocycles. The Balaban J connectivity index is 1.58. The van der Waals surface area contributed by atoms with Gasteiger partial charge in [-0.2, -0.15) is 0 Å². The highest BCUT2D eigenvalue weighted by atomic mass is 19.1. The molecule has 0 heterocycles. The number of halogens is 1. The minimum Gasteiger partial charge on any atom is -0.310 e. The van der Waals surface area contributed by atoms with Crippen LogP contribution in [-0.4, -0.2) is 0 Å². The molecule has 0 spiro atoms. The highest BCUT2D eigenvalue weighted by molar-refractivity contribution is 5.80. The minimum atomic E-state index is -0.239. The van der Waals surface area contributed by atoms with Crippen molar-refractivity contribution in [1.29, 1.82) is 0 Å². The van der Waals surface area contributed by atoms with Gasteiger partial charge in [0.2, 0.25) is 0 Å². The predicted octanol–water partition coefficient (Wildman–Crippen LogP) is 8.94. The van der Waals surface area contributed by atoms with Gasteiger partial charge in [0.05, 0.1) is 0 Å². The van der Waals surface area contributed by atoms with Crippen LogP contribution in [0.25, 0.3) is 22.3 Å². The normalized spacial score (nSPS) is 10.7. The van der Waals surface area contributed by atoms with Crippen molar-refractivity contribution < 1.29 is 4.39 Å². The molecule has 0 aromatic heterocycles. The molecular weight excluding hydrogens is 405 g/mol. The van der Waals surface area contributed by atoms with Crippen LogP contribution in [0.1, 0.15) is 5.56 Å². The van der Waals surface area contributed by atoms with E-state index in [0.717, 1.165) is 33.8 Å². The van der Waals surface area contributed by atoms with Crippen LogP contribution < -0.4 is 4.90 Å². The topological polar surface area (TPSA) is 3.24 Å². The highest BCUT2D eigenvalue weighted by Gasteiger charge is 2.15. The summed E-state index contributed by atoms with van der Waals surface area (Å²) in [7, 11) is 0. The smallest absolute Gasteiger partial charge is 0.133 e. The molecule has 0 bridgehead atoms. The van der Waals surface area contributed by atoms with Crippen LogP contribution >= 0.6 is 0 Å². The predicted molar refractivity (Wildman–Crippen MR) is 137 cm³/mol. The summed E-state index contributed by atoms with van der Waals surface area (Å²) < 4.78 is 15.3. The first-order chi connectivity index (χ1) is 16.2. The molecule has 0 fully saturated rings. The average molecular weight is 430 g/mol. The molecule has 0 radical (unpaired) electrons. The zero-order valence-electron chi connectivity index (χ0n) is 18.4. The van der Waals surface area contributed by atoms with Crippen LogP contribution in [0, 0.1) is 12.7 Å². The molecular formula is C31H24FN. The van der Waals surface area contributed by atoms with Crippen LogP contribution in [-0.2, 0) is 0 Å². The molecule has 0 saturated heterocycles. The van der Waals surface area contributed by atoms with E-state index < -0.39 is 0 Å². The van der Waals surface area contributed by atoms with Crippen LogP contribution in [0.15, 0.2) is 127 Å². The van der Waals surface area contributed by atoms with E-state index in [1.165, 1.54) is 5.56 Å². The third-order valence-electron chi connectivity index (χ3n) is 5.79. The fourth-order valence-electron chi connectivity index (χ4n) is 4.14. The van der Waals surface area contributed by atoms with Gasteiger partial charge in [0.1, 0.15) is 5.82 Å². The molecule has 2 heteroatoms. The Morgan fingerprint density at radius 1 is 0.485 bits per heavy atom. The number of hydrogen-bond donors (Lipinski definition) is 0. The lowest BCUT2D eigenvalue weighted by molar-refractivity contribution is 0.631. The lowest BCUT2D eigenvalue weighted by Crippen LogP contribution is -2.10. The Labute approximate surface area is 194 Å². The zero-order valence-corrected chi connectivity index (χ0v) is 18.4. The van der Waals surface area contributed by atoms with Gasteiger partial charge in [-0.15, -0.1) is 0 Å². The summed E-state index contributed by atoms with van der Waals surface area (Å²) in [5, 5.41) is 0. The molecule has 0 saturated carbocycles. The Bertz CT molecular complexity index is 1360. The van der Waals surface area contributed by atoms with E-state index >= 15 is 4.39 Å². The molecule has 0 unspecified atom stereocenters. The molecule has 0 N–H and O–H groups in total. The Morgan fingerprint density at radius 2 is 1.06 bits per heavy atom. The lowest BCUT2D eigenvalue weighted by Gasteiger charge is -2.26. The molecule has 5 rings (SSSR count). The van der Waals surface area contributed by atoms with E-state index in [1.54, 1.807) is 6.07 Å². The molecule has 0 atom stereocenters. The van der Waals surface area contributed by atoms with Gasteiger partial charge in [0, 0.05) is 22.6 Å². The largest absolute Gasteiger partial charge is 0.310 e. The average Bonchev–Trinajstić information content (AvgIpc) is 2.86. The first-order valence-electron chi connectivity index (χ1n) is 11.1. The molecule has 0 aliphatic heterocycles. The van der Waals surface area contributed by atoms with Gasteiger partial charge >= 0.3 is 0 Å². The van der Waals surface area contributed by atoms with Gasteiger partial charge in [0.25, 0.3) is 0 Å². The Morgan fingerprint density at radius 3 is 1.70 bits per heavy atom. The summed E-state index contributed by atoms with van der Waals surface area (Å²) in [5.41, 5.74) is 7.70. The summed E-state index contributed by atoms with van der Waals surface area (Å²) in [4.78, 5) is 2.10. The van der Waals surface area contributed by atoms with E-state index in [2.05, 4.69) is 66.4 Å². The molecule has 160 valence electrons. The van der Waals surface area contributed by atoms with Gasteiger partial charge in [0.15, 0.2) is 0 Å². The maximum absolute atomic E-state index is 15.3. The van der Waals surface area contributed by atoms with Gasteiger partial charge in [-0.1, -0.05) is 84.9 Å². The summed E-state index contributed by atoms with van der Waals surface area (Å²) >= 11 is 0. The second-order valence-electron chi connectivity index (χ2n) is 8.12. The van der Waals surface area contributed by atoms with Crippen molar-refractivity contribution in [3.63, 3.8) is 0 Å². The lowest BCUT2D eigenvalue weighted by atomic mass is 10.0. The fourth-order valence-corrected chi connectivity index (χ4v) is 4.14. The SMILES string of the molecule is Cc1cccc(N(c2ccc(-c3ccccc3)cc2)c2ccc(-c3ccccc3)c(F)c2)c1. The molecule has 0 aliphatic carbocycles. The number of hydrogen-bond acceptors (Lipinski definition) is 1. The van der Waals surface area contributed by atoms with E-state index in [4.69, 9.17) is 0 Å². The van der Waals surface area contributed by atoms with Crippen LogP contribution in [0.5, 0.6) is 0 Å². The van der Waals surface area contributed by atoms with Crippen molar-refractivity contribution in [3.05, 3.63) is 139 Å². The summed E-state index contributed by atoms with van der Waals surface area (Å²) in [6.45, 7) is 2.07. The zero-order chi connectivity index (χ0) is 22.6. The van der Waals surface area contributed by atoms with E-state index in [1.807, 2.05) is 66.7 Å². The fraction of sp³-hybridized carbons (Fsp3) is 0.0323. The van der Waals surface area contributed by atoms with Crippen molar-refractivity contribution >= 4 is 17.1 Å². The monoisotopic (exact) mass is 429 g/mol. The third-order valence-corrected chi connectivity index (χ3v) is 5.79. The molecule has 1 nitrogen and oxygen atoms in total. The highest BCUT2D eigenvalue weighted by Crippen LogP contribution is 2.37. The molecule has 5 aromatic rings. The third kappa shape index (κ3) is 4.42. The minimum absolute atomic E-state index is 0.239. The van der Waals surface area contributed by atoms with E-state index in [9.17, 15) is 0 Å². The van der Waals surface area contributed by atoms with Gasteiger partial charge in [-0.3, -0.25) is 0 Å². The van der Waals surface area contributed by atoms with E-state index in [0.29, 0.717) is 5.56 Å². The standard InChI is InChI=1S/C31H24FN/c1-23-9-8-14-28(21-23)33(27-17-15-25(16-18-27)24-10-4-2-5-11-24)29-19-20-30(31(32)22-29)26-12-6-3-7-13-26/h2-22H,1H3. The maximum atomic E-state index is 15.3. The summed E-state index contributed by atoms with van der Waals surface area (Å²) in [6.07, 6.45) is 0. The number of rotatable bonds is 5. The van der Waals surface area contributed by atoms with Crippen LogP contribution in [0.4, 0.5) is 21.5 Å². The Kier molecular flexibility index (Phi) is 5.73. The van der Waals surface area contributed by atoms with Crippen molar-refractivity contribution in [1.82, 2.24) is 0 Å². The molecule has 0 aliphatic rings. The Hall–Kier alpha value is -4.17. The molecule has 33 heavy (non-hydrogen) atoms. The first-order valence-corrected chi connectivity index (χ1v) is 11.1. The second kappa shape index (κ2) is 9.13. The van der Waals surface area contributed by atoms with Crippen molar-refractivity contribution in [2.24, 2.45) is 0 Å². The van der Waals surface area contributed by atoms with Crippen LogP contribution in [0.2, 0.25) is 0 Å². The van der Waals surface area contributed by atoms with Gasteiger partial charge in [-0.05, 0) is 71.6 Å². The summed E-state index contributed by atoms with van der Waals surface area (Å²) in [5.74, 6) is -0.239. The van der Waals surface area contributed by atoms with Crippen LogP contribution in [0.3, 0.4) is 0 Å².